The second kappa shape index (κ2) is 6.97. The lowest BCUT2D eigenvalue weighted by Crippen LogP contribution is -2.37. The minimum Gasteiger partial charge on any atom is -0.0704 e. The fourth-order valence-electron chi connectivity index (χ4n) is 7.34. The standard InChI is InChI=1S/C26H44/c1-7-16(2)12-22-17(3)13-23(22)20(6)25-14-24(25)19(5)21-9-11-26(15-21)10-8-18(26)4/h16-19,21-24H,7-15H2,1-6H3. The number of allylic oxidation sites excluding steroid dienone is 2. The van der Waals surface area contributed by atoms with Crippen molar-refractivity contribution in [2.75, 3.05) is 0 Å². The van der Waals surface area contributed by atoms with Crippen LogP contribution in [0.15, 0.2) is 11.1 Å². The molecule has 4 aliphatic rings. The van der Waals surface area contributed by atoms with Gasteiger partial charge in [0, 0.05) is 0 Å². The molecule has 9 unspecified atom stereocenters. The number of hydrogen-bond acceptors (Lipinski definition) is 0. The van der Waals surface area contributed by atoms with Crippen molar-refractivity contribution >= 4 is 0 Å². The lowest BCUT2D eigenvalue weighted by Gasteiger charge is -2.46. The summed E-state index contributed by atoms with van der Waals surface area (Å²) in [6.07, 6.45) is 13.4. The van der Waals surface area contributed by atoms with E-state index < -0.39 is 0 Å². The van der Waals surface area contributed by atoms with E-state index in [0.717, 1.165) is 52.8 Å². The maximum Gasteiger partial charge on any atom is -0.0135 e. The van der Waals surface area contributed by atoms with E-state index in [1.165, 1.54) is 38.5 Å². The van der Waals surface area contributed by atoms with Crippen molar-refractivity contribution in [2.24, 2.45) is 52.8 Å². The van der Waals surface area contributed by atoms with Gasteiger partial charge in [0.25, 0.3) is 0 Å². The lowest BCUT2D eigenvalue weighted by molar-refractivity contribution is 0.0433. The smallest absolute Gasteiger partial charge is 0.0135 e. The quantitative estimate of drug-likeness (QED) is 0.424. The van der Waals surface area contributed by atoms with Crippen molar-refractivity contribution in [3.8, 4) is 0 Å². The molecular formula is C26H44. The van der Waals surface area contributed by atoms with Gasteiger partial charge in [0.1, 0.15) is 0 Å². The maximum absolute atomic E-state index is 2.61. The molecule has 0 aliphatic heterocycles. The second-order valence-electron chi connectivity index (χ2n) is 11.4. The molecule has 0 heteroatoms. The van der Waals surface area contributed by atoms with Gasteiger partial charge in [-0.05, 0) is 111 Å². The van der Waals surface area contributed by atoms with E-state index in [2.05, 4.69) is 41.5 Å². The fraction of sp³-hybridized carbons (Fsp3) is 0.923. The summed E-state index contributed by atoms with van der Waals surface area (Å²) in [5.74, 6) is 7.78. The molecule has 9 atom stereocenters. The van der Waals surface area contributed by atoms with Gasteiger partial charge in [0.15, 0.2) is 0 Å². The van der Waals surface area contributed by atoms with E-state index in [1.807, 2.05) is 11.1 Å². The molecule has 0 amide bonds. The monoisotopic (exact) mass is 356 g/mol. The highest BCUT2D eigenvalue weighted by Gasteiger charge is 2.52. The molecule has 4 aliphatic carbocycles. The molecule has 0 aromatic carbocycles. The molecule has 4 rings (SSSR count). The lowest BCUT2D eigenvalue weighted by atomic mass is 9.59. The van der Waals surface area contributed by atoms with E-state index >= 15 is 0 Å². The first-order valence-electron chi connectivity index (χ1n) is 12.1. The van der Waals surface area contributed by atoms with E-state index in [1.54, 1.807) is 19.3 Å². The third-order valence-corrected chi connectivity index (χ3v) is 10.2. The van der Waals surface area contributed by atoms with E-state index in [0.29, 0.717) is 0 Å². The van der Waals surface area contributed by atoms with E-state index in [-0.39, 0.29) is 0 Å². The zero-order chi connectivity index (χ0) is 18.6. The molecule has 4 fully saturated rings. The van der Waals surface area contributed by atoms with Crippen LogP contribution in [0.1, 0.15) is 99.3 Å². The first-order chi connectivity index (χ1) is 12.4. The minimum atomic E-state index is 0.789. The topological polar surface area (TPSA) is 0 Å². The average Bonchev–Trinajstić information content (AvgIpc) is 3.30. The van der Waals surface area contributed by atoms with Crippen LogP contribution in [0, 0.1) is 52.8 Å². The molecule has 0 heterocycles. The molecule has 0 aromatic heterocycles. The van der Waals surface area contributed by atoms with Crippen LogP contribution in [0.2, 0.25) is 0 Å². The van der Waals surface area contributed by atoms with Gasteiger partial charge in [-0.3, -0.25) is 0 Å². The first-order valence-corrected chi connectivity index (χ1v) is 12.1. The summed E-state index contributed by atoms with van der Waals surface area (Å²) in [4.78, 5) is 0. The van der Waals surface area contributed by atoms with Crippen LogP contribution < -0.4 is 0 Å². The molecule has 4 saturated carbocycles. The van der Waals surface area contributed by atoms with Gasteiger partial charge < -0.3 is 0 Å². The molecule has 0 aromatic rings. The van der Waals surface area contributed by atoms with Crippen LogP contribution in [-0.2, 0) is 0 Å². The Morgan fingerprint density at radius 1 is 1.15 bits per heavy atom. The van der Waals surface area contributed by atoms with Crippen LogP contribution in [0.5, 0.6) is 0 Å². The van der Waals surface area contributed by atoms with Crippen LogP contribution in [0.4, 0.5) is 0 Å². The molecule has 0 saturated heterocycles. The third kappa shape index (κ3) is 3.12. The van der Waals surface area contributed by atoms with Crippen molar-refractivity contribution in [3.63, 3.8) is 0 Å². The van der Waals surface area contributed by atoms with E-state index in [9.17, 15) is 0 Å². The van der Waals surface area contributed by atoms with Gasteiger partial charge in [0.2, 0.25) is 0 Å². The third-order valence-electron chi connectivity index (χ3n) is 10.2. The SMILES string of the molecule is CCC(C)CC1C(C)CC1C(C)=C1CC1C(C)C1CCC2(CCC2C)C1. The van der Waals surface area contributed by atoms with Crippen LogP contribution in [-0.4, -0.2) is 0 Å². The Hall–Kier alpha value is -0.260. The Labute approximate surface area is 163 Å². The summed E-state index contributed by atoms with van der Waals surface area (Å²) in [6.45, 7) is 15.0. The summed E-state index contributed by atoms with van der Waals surface area (Å²) >= 11 is 0. The summed E-state index contributed by atoms with van der Waals surface area (Å²) in [6, 6.07) is 0. The molecule has 0 N–H and O–H groups in total. The van der Waals surface area contributed by atoms with Gasteiger partial charge in [0.05, 0.1) is 0 Å². The Kier molecular flexibility index (Phi) is 5.11. The summed E-state index contributed by atoms with van der Waals surface area (Å²) in [5.41, 5.74) is 4.54. The fourth-order valence-corrected chi connectivity index (χ4v) is 7.34. The molecule has 26 heavy (non-hydrogen) atoms. The molecule has 0 nitrogen and oxygen atoms in total. The highest BCUT2D eigenvalue weighted by Crippen LogP contribution is 2.63. The largest absolute Gasteiger partial charge is 0.0704 e. The highest BCUT2D eigenvalue weighted by atomic mass is 14.6. The number of hydrogen-bond donors (Lipinski definition) is 0. The molecule has 0 bridgehead atoms. The van der Waals surface area contributed by atoms with Gasteiger partial charge in [-0.25, -0.2) is 0 Å². The predicted molar refractivity (Wildman–Crippen MR) is 113 cm³/mol. The summed E-state index contributed by atoms with van der Waals surface area (Å²) in [5, 5.41) is 0. The maximum atomic E-state index is 2.61. The van der Waals surface area contributed by atoms with Gasteiger partial charge in [-0.1, -0.05) is 52.2 Å². The normalized spacial score (nSPS) is 48.7. The van der Waals surface area contributed by atoms with Crippen molar-refractivity contribution in [3.05, 3.63) is 11.1 Å². The first kappa shape index (κ1) is 19.1. The predicted octanol–water partition coefficient (Wildman–Crippen LogP) is 7.88. The molecule has 1 spiro atoms. The average molecular weight is 357 g/mol. The van der Waals surface area contributed by atoms with Gasteiger partial charge in [-0.15, -0.1) is 0 Å². The molecular weight excluding hydrogens is 312 g/mol. The highest BCUT2D eigenvalue weighted by molar-refractivity contribution is 5.33. The summed E-state index contributed by atoms with van der Waals surface area (Å²) in [7, 11) is 0. The van der Waals surface area contributed by atoms with Crippen molar-refractivity contribution in [2.45, 2.75) is 99.3 Å². The summed E-state index contributed by atoms with van der Waals surface area (Å²) < 4.78 is 0. The zero-order valence-electron chi connectivity index (χ0n) is 18.5. The zero-order valence-corrected chi connectivity index (χ0v) is 18.5. The van der Waals surface area contributed by atoms with Crippen molar-refractivity contribution in [1.29, 1.82) is 0 Å². The van der Waals surface area contributed by atoms with Crippen molar-refractivity contribution in [1.82, 2.24) is 0 Å². The Morgan fingerprint density at radius 2 is 1.88 bits per heavy atom. The molecule has 0 radical (unpaired) electrons. The number of rotatable bonds is 6. The van der Waals surface area contributed by atoms with Gasteiger partial charge in [-0.2, -0.15) is 0 Å². The van der Waals surface area contributed by atoms with Crippen LogP contribution in [0.25, 0.3) is 0 Å². The minimum absolute atomic E-state index is 0.789. The van der Waals surface area contributed by atoms with Gasteiger partial charge >= 0.3 is 0 Å². The van der Waals surface area contributed by atoms with Crippen molar-refractivity contribution < 1.29 is 0 Å². The molecule has 148 valence electrons. The van der Waals surface area contributed by atoms with Crippen LogP contribution in [0.3, 0.4) is 0 Å². The second-order valence-corrected chi connectivity index (χ2v) is 11.4. The Morgan fingerprint density at radius 3 is 2.42 bits per heavy atom. The van der Waals surface area contributed by atoms with E-state index in [4.69, 9.17) is 0 Å². The Bertz CT molecular complexity index is 556. The Balaban J connectivity index is 1.36. The van der Waals surface area contributed by atoms with Crippen LogP contribution >= 0.6 is 0 Å².